The first-order valence-corrected chi connectivity index (χ1v) is 7.10. The summed E-state index contributed by atoms with van der Waals surface area (Å²) in [5.74, 6) is 0.691. The van der Waals surface area contributed by atoms with Gasteiger partial charge in [0.1, 0.15) is 0 Å². The number of hydrogen-bond acceptors (Lipinski definition) is 4. The van der Waals surface area contributed by atoms with Crippen molar-refractivity contribution in [3.63, 3.8) is 0 Å². The van der Waals surface area contributed by atoms with Crippen LogP contribution in [0.4, 0.5) is 0 Å². The van der Waals surface area contributed by atoms with E-state index in [0.717, 1.165) is 23.0 Å². The minimum Gasteiger partial charge on any atom is -0.301 e. The Labute approximate surface area is 107 Å². The fourth-order valence-electron chi connectivity index (χ4n) is 2.30. The lowest BCUT2D eigenvalue weighted by atomic mass is 9.97. The van der Waals surface area contributed by atoms with E-state index in [-0.39, 0.29) is 5.78 Å². The van der Waals surface area contributed by atoms with E-state index in [4.69, 9.17) is 0 Å². The minimum absolute atomic E-state index is 0.133. The van der Waals surface area contributed by atoms with Crippen molar-refractivity contribution in [2.45, 2.75) is 45.6 Å². The summed E-state index contributed by atoms with van der Waals surface area (Å²) < 4.78 is 0. The number of hydrogen-bond donors (Lipinski definition) is 0. The number of carbonyl (C=O) groups is 1. The van der Waals surface area contributed by atoms with E-state index in [1.165, 1.54) is 12.8 Å². The van der Waals surface area contributed by atoms with Gasteiger partial charge in [0.25, 0.3) is 0 Å². The van der Waals surface area contributed by atoms with Gasteiger partial charge < -0.3 is 4.90 Å². The van der Waals surface area contributed by atoms with Crippen molar-refractivity contribution >= 4 is 17.1 Å². The van der Waals surface area contributed by atoms with E-state index in [0.29, 0.717) is 12.0 Å². The molecule has 0 bridgehead atoms. The van der Waals surface area contributed by atoms with E-state index in [1.54, 1.807) is 24.5 Å². The molecule has 0 aliphatic carbocycles. The van der Waals surface area contributed by atoms with E-state index >= 15 is 0 Å². The van der Waals surface area contributed by atoms with Crippen LogP contribution >= 0.6 is 11.3 Å². The number of aromatic nitrogens is 1. The van der Waals surface area contributed by atoms with E-state index < -0.39 is 0 Å². The van der Waals surface area contributed by atoms with Crippen LogP contribution in [0, 0.1) is 0 Å². The molecule has 3 nitrogen and oxygen atoms in total. The third kappa shape index (κ3) is 2.93. The normalized spacial score (nSPS) is 18.8. The highest BCUT2D eigenvalue weighted by molar-refractivity contribution is 7.13. The van der Waals surface area contributed by atoms with Crippen LogP contribution < -0.4 is 0 Å². The topological polar surface area (TPSA) is 33.2 Å². The molecule has 1 aromatic heterocycles. The van der Waals surface area contributed by atoms with Crippen LogP contribution in [-0.4, -0.2) is 34.8 Å². The zero-order valence-electron chi connectivity index (χ0n) is 10.8. The maximum atomic E-state index is 11.2. The van der Waals surface area contributed by atoms with Gasteiger partial charge in [-0.25, -0.2) is 4.98 Å². The van der Waals surface area contributed by atoms with Gasteiger partial charge in [0.05, 0.1) is 9.88 Å². The lowest BCUT2D eigenvalue weighted by Crippen LogP contribution is -2.37. The average molecular weight is 252 g/mol. The first kappa shape index (κ1) is 12.7. The van der Waals surface area contributed by atoms with Crippen LogP contribution in [-0.2, 0) is 0 Å². The molecule has 1 aliphatic rings. The van der Waals surface area contributed by atoms with Crippen LogP contribution in [0.1, 0.15) is 54.2 Å². The lowest BCUT2D eigenvalue weighted by molar-refractivity contribution is 0.102. The first-order chi connectivity index (χ1) is 8.08. The van der Waals surface area contributed by atoms with E-state index in [2.05, 4.69) is 23.7 Å². The molecule has 2 rings (SSSR count). The van der Waals surface area contributed by atoms with Crippen molar-refractivity contribution in [3.8, 4) is 0 Å². The lowest BCUT2D eigenvalue weighted by Gasteiger charge is -2.33. The maximum absolute atomic E-state index is 11.2. The number of rotatable bonds is 3. The highest BCUT2D eigenvalue weighted by atomic mass is 32.1. The molecule has 0 aromatic carbocycles. The summed E-state index contributed by atoms with van der Waals surface area (Å²) >= 11 is 1.58. The molecule has 0 N–H and O–H groups in total. The molecule has 17 heavy (non-hydrogen) atoms. The van der Waals surface area contributed by atoms with Crippen LogP contribution in [0.2, 0.25) is 0 Å². The van der Waals surface area contributed by atoms with Gasteiger partial charge in [0, 0.05) is 25.1 Å². The molecule has 0 amide bonds. The largest absolute Gasteiger partial charge is 0.301 e. The molecule has 0 unspecified atom stereocenters. The average Bonchev–Trinajstić information content (AvgIpc) is 2.78. The molecule has 0 spiro atoms. The van der Waals surface area contributed by atoms with Gasteiger partial charge in [-0.2, -0.15) is 0 Å². The first-order valence-electron chi connectivity index (χ1n) is 6.28. The number of thiazole rings is 1. The SMILES string of the molecule is CC(=O)c1cnc(C2CCN(C(C)C)CC2)s1. The molecule has 1 aromatic rings. The number of nitrogens with zero attached hydrogens (tertiary/aromatic N) is 2. The molecule has 1 saturated heterocycles. The summed E-state index contributed by atoms with van der Waals surface area (Å²) in [6.07, 6.45) is 4.07. The van der Waals surface area contributed by atoms with Crippen molar-refractivity contribution in [3.05, 3.63) is 16.1 Å². The summed E-state index contributed by atoms with van der Waals surface area (Å²) in [4.78, 5) is 19.0. The van der Waals surface area contributed by atoms with Crippen molar-refractivity contribution < 1.29 is 4.79 Å². The molecule has 2 heterocycles. The Bertz CT molecular complexity index is 392. The second kappa shape index (κ2) is 5.27. The highest BCUT2D eigenvalue weighted by Gasteiger charge is 2.24. The summed E-state index contributed by atoms with van der Waals surface area (Å²) in [5.41, 5.74) is 0. The van der Waals surface area contributed by atoms with Gasteiger partial charge >= 0.3 is 0 Å². The Morgan fingerprint density at radius 3 is 2.59 bits per heavy atom. The Morgan fingerprint density at radius 1 is 1.47 bits per heavy atom. The van der Waals surface area contributed by atoms with Gasteiger partial charge in [-0.3, -0.25) is 4.79 Å². The smallest absolute Gasteiger partial charge is 0.171 e. The second-order valence-electron chi connectivity index (χ2n) is 5.02. The van der Waals surface area contributed by atoms with E-state index in [9.17, 15) is 4.79 Å². The zero-order chi connectivity index (χ0) is 12.4. The van der Waals surface area contributed by atoms with Gasteiger partial charge in [-0.1, -0.05) is 0 Å². The number of likely N-dealkylation sites (tertiary alicyclic amines) is 1. The van der Waals surface area contributed by atoms with Crippen molar-refractivity contribution in [2.75, 3.05) is 13.1 Å². The predicted molar refractivity (Wildman–Crippen MR) is 70.8 cm³/mol. The van der Waals surface area contributed by atoms with Gasteiger partial charge in [0.2, 0.25) is 0 Å². The Hall–Kier alpha value is -0.740. The van der Waals surface area contributed by atoms with Crippen molar-refractivity contribution in [1.29, 1.82) is 0 Å². The molecule has 1 aliphatic heterocycles. The Morgan fingerprint density at radius 2 is 2.12 bits per heavy atom. The van der Waals surface area contributed by atoms with Crippen LogP contribution in [0.25, 0.3) is 0 Å². The maximum Gasteiger partial charge on any atom is 0.171 e. The number of piperidine rings is 1. The van der Waals surface area contributed by atoms with Crippen LogP contribution in [0.15, 0.2) is 6.20 Å². The van der Waals surface area contributed by atoms with E-state index in [1.807, 2.05) is 0 Å². The molecular weight excluding hydrogens is 232 g/mol. The second-order valence-corrected chi connectivity index (χ2v) is 6.09. The molecule has 0 radical (unpaired) electrons. The molecule has 0 atom stereocenters. The monoisotopic (exact) mass is 252 g/mol. The fraction of sp³-hybridized carbons (Fsp3) is 0.692. The van der Waals surface area contributed by atoms with Crippen LogP contribution in [0.3, 0.4) is 0 Å². The number of carbonyl (C=O) groups excluding carboxylic acids is 1. The molecule has 4 heteroatoms. The van der Waals surface area contributed by atoms with Crippen molar-refractivity contribution in [1.82, 2.24) is 9.88 Å². The Balaban J connectivity index is 1.98. The summed E-state index contributed by atoms with van der Waals surface area (Å²) in [7, 11) is 0. The van der Waals surface area contributed by atoms with Crippen LogP contribution in [0.5, 0.6) is 0 Å². The summed E-state index contributed by atoms with van der Waals surface area (Å²) in [5, 5.41) is 1.15. The highest BCUT2D eigenvalue weighted by Crippen LogP contribution is 2.31. The quantitative estimate of drug-likeness (QED) is 0.775. The molecule has 0 saturated carbocycles. The Kier molecular flexibility index (Phi) is 3.94. The summed E-state index contributed by atoms with van der Waals surface area (Å²) in [6, 6.07) is 0.639. The zero-order valence-corrected chi connectivity index (χ0v) is 11.6. The molecule has 1 fully saturated rings. The summed E-state index contributed by atoms with van der Waals surface area (Å²) in [6.45, 7) is 8.41. The molecular formula is C13H20N2OS. The van der Waals surface area contributed by atoms with Gasteiger partial charge in [-0.05, 0) is 39.8 Å². The van der Waals surface area contributed by atoms with Gasteiger partial charge in [-0.15, -0.1) is 11.3 Å². The third-order valence-corrected chi connectivity index (χ3v) is 4.74. The molecule has 94 valence electrons. The fourth-order valence-corrected chi connectivity index (χ4v) is 3.28. The standard InChI is InChI=1S/C13H20N2OS/c1-9(2)15-6-4-11(5-7-15)13-14-8-12(17-13)10(3)16/h8-9,11H,4-7H2,1-3H3. The van der Waals surface area contributed by atoms with Crippen molar-refractivity contribution in [2.24, 2.45) is 0 Å². The minimum atomic E-state index is 0.133. The number of ketones is 1. The number of Topliss-reactive ketones (excluding diaryl/α,β-unsaturated/α-hetero) is 1. The predicted octanol–water partition coefficient (Wildman–Crippen LogP) is 2.93. The third-order valence-electron chi connectivity index (χ3n) is 3.48. The van der Waals surface area contributed by atoms with Gasteiger partial charge in [0.15, 0.2) is 5.78 Å².